The van der Waals surface area contributed by atoms with Crippen molar-refractivity contribution in [2.45, 2.75) is 303 Å². The number of allylic oxidation sites excluding steroid dienone is 14. The fraction of sp³-hybridized carbons (Fsp3) is 0.742. The highest BCUT2D eigenvalue weighted by Crippen LogP contribution is 2.15. The fourth-order valence-corrected chi connectivity index (χ4v) is 8.45. The summed E-state index contributed by atoms with van der Waals surface area (Å²) >= 11 is 0. The number of esters is 3. The number of carbonyl (C=O) groups excluding carboxylic acids is 3. The monoisotopic (exact) mass is 1000 g/mol. The number of rotatable bonds is 55. The maximum atomic E-state index is 12.9. The van der Waals surface area contributed by atoms with Crippen molar-refractivity contribution < 1.29 is 28.6 Å². The molecular formula is C66H114O6. The largest absolute Gasteiger partial charge is 0.462 e. The van der Waals surface area contributed by atoms with Crippen LogP contribution in [0.15, 0.2) is 85.1 Å². The van der Waals surface area contributed by atoms with Crippen LogP contribution in [-0.4, -0.2) is 37.2 Å². The Balaban J connectivity index is 4.40. The highest BCUT2D eigenvalue weighted by molar-refractivity contribution is 5.71. The molecule has 0 aromatic rings. The molecule has 72 heavy (non-hydrogen) atoms. The van der Waals surface area contributed by atoms with Gasteiger partial charge in [-0.1, -0.05) is 241 Å². The number of carbonyl (C=O) groups is 3. The van der Waals surface area contributed by atoms with E-state index in [2.05, 4.69) is 106 Å². The van der Waals surface area contributed by atoms with E-state index >= 15 is 0 Å². The SMILES string of the molecule is CCCCC/C=C\C/C=C\CCCCCCCC(=O)OCC(COC(=O)CCCCCCCCCC/C=C\C/C=C\C/C=C\CCCCCCC)OC(=O)CCCCCCC/C=C\C/C=C\CCCCCC. The second-order valence-electron chi connectivity index (χ2n) is 20.2. The van der Waals surface area contributed by atoms with Crippen molar-refractivity contribution in [1.29, 1.82) is 0 Å². The van der Waals surface area contributed by atoms with Crippen LogP contribution in [0.3, 0.4) is 0 Å². The van der Waals surface area contributed by atoms with Gasteiger partial charge in [0.15, 0.2) is 6.10 Å². The predicted molar refractivity (Wildman–Crippen MR) is 311 cm³/mol. The van der Waals surface area contributed by atoms with Crippen LogP contribution in [0.4, 0.5) is 0 Å². The molecule has 414 valence electrons. The first-order valence-corrected chi connectivity index (χ1v) is 30.6. The van der Waals surface area contributed by atoms with Crippen molar-refractivity contribution in [3.05, 3.63) is 85.1 Å². The Kier molecular flexibility index (Phi) is 57.3. The standard InChI is InChI=1S/C66H114O6/c1-4-7-10-13-16-19-22-25-28-30-31-32-33-34-35-36-39-41-44-47-50-53-56-59-65(68)71-62-63(61-70-64(67)58-55-52-49-46-43-40-37-27-24-21-18-15-12-9-6-3)72-66(69)60-57-54-51-48-45-42-38-29-26-23-20-17-14-11-8-5-2/h18,20-23,25,27,29-31,33-34,37-38,63H,4-17,19,24,26,28,32,35-36,39-62H2,1-3H3/b21-18-,23-20-,25-22-,31-30-,34-33-,37-27-,38-29-. The second kappa shape index (κ2) is 60.1. The maximum Gasteiger partial charge on any atom is 0.306 e. The number of hydrogen-bond acceptors (Lipinski definition) is 6. The van der Waals surface area contributed by atoms with Crippen LogP contribution < -0.4 is 0 Å². The van der Waals surface area contributed by atoms with E-state index in [-0.39, 0.29) is 31.1 Å². The van der Waals surface area contributed by atoms with E-state index in [1.165, 1.54) is 128 Å². The lowest BCUT2D eigenvalue weighted by Gasteiger charge is -2.18. The quantitative estimate of drug-likeness (QED) is 0.0261. The first kappa shape index (κ1) is 68.6. The van der Waals surface area contributed by atoms with Gasteiger partial charge in [0.1, 0.15) is 13.2 Å². The summed E-state index contributed by atoms with van der Waals surface area (Å²) in [6, 6.07) is 0. The van der Waals surface area contributed by atoms with Gasteiger partial charge in [0.2, 0.25) is 0 Å². The Morgan fingerprint density at radius 2 is 0.500 bits per heavy atom. The molecule has 0 rings (SSSR count). The van der Waals surface area contributed by atoms with Gasteiger partial charge >= 0.3 is 17.9 Å². The van der Waals surface area contributed by atoms with Gasteiger partial charge in [0.05, 0.1) is 0 Å². The van der Waals surface area contributed by atoms with Crippen LogP contribution in [0.1, 0.15) is 297 Å². The molecule has 6 nitrogen and oxygen atoms in total. The van der Waals surface area contributed by atoms with E-state index in [1.807, 2.05) is 0 Å². The van der Waals surface area contributed by atoms with Gasteiger partial charge in [0, 0.05) is 19.3 Å². The summed E-state index contributed by atoms with van der Waals surface area (Å²) in [5.41, 5.74) is 0. The lowest BCUT2D eigenvalue weighted by molar-refractivity contribution is -0.167. The molecule has 0 fully saturated rings. The van der Waals surface area contributed by atoms with Crippen LogP contribution in [0.25, 0.3) is 0 Å². The van der Waals surface area contributed by atoms with E-state index in [9.17, 15) is 14.4 Å². The molecule has 0 saturated heterocycles. The van der Waals surface area contributed by atoms with Gasteiger partial charge in [-0.2, -0.15) is 0 Å². The molecule has 0 aromatic carbocycles. The molecule has 0 bridgehead atoms. The molecule has 0 aromatic heterocycles. The van der Waals surface area contributed by atoms with E-state index in [4.69, 9.17) is 14.2 Å². The van der Waals surface area contributed by atoms with Gasteiger partial charge in [-0.3, -0.25) is 14.4 Å². The number of ether oxygens (including phenoxy) is 3. The Hall–Kier alpha value is -3.41. The summed E-state index contributed by atoms with van der Waals surface area (Å²) in [7, 11) is 0. The molecular weight excluding hydrogens is 889 g/mol. The minimum absolute atomic E-state index is 0.0906. The molecule has 0 aliphatic rings. The lowest BCUT2D eigenvalue weighted by atomic mass is 10.1. The van der Waals surface area contributed by atoms with Crippen LogP contribution >= 0.6 is 0 Å². The van der Waals surface area contributed by atoms with Crippen LogP contribution in [0.2, 0.25) is 0 Å². The van der Waals surface area contributed by atoms with Crippen molar-refractivity contribution in [2.75, 3.05) is 13.2 Å². The van der Waals surface area contributed by atoms with E-state index in [1.54, 1.807) is 0 Å². The zero-order valence-electron chi connectivity index (χ0n) is 47.4. The zero-order chi connectivity index (χ0) is 52.2. The third kappa shape index (κ3) is 57.5. The first-order chi connectivity index (χ1) is 35.5. The highest BCUT2D eigenvalue weighted by atomic mass is 16.6. The summed E-state index contributed by atoms with van der Waals surface area (Å²) < 4.78 is 16.9. The topological polar surface area (TPSA) is 78.9 Å². The van der Waals surface area contributed by atoms with Gasteiger partial charge in [-0.15, -0.1) is 0 Å². The summed E-state index contributed by atoms with van der Waals surface area (Å²) in [6.45, 7) is 6.57. The van der Waals surface area contributed by atoms with Crippen molar-refractivity contribution in [2.24, 2.45) is 0 Å². The molecule has 0 aliphatic carbocycles. The molecule has 6 heteroatoms. The molecule has 0 spiro atoms. The molecule has 0 radical (unpaired) electrons. The number of unbranched alkanes of at least 4 members (excludes halogenated alkanes) is 30. The lowest BCUT2D eigenvalue weighted by Crippen LogP contribution is -2.30. The van der Waals surface area contributed by atoms with Crippen LogP contribution in [-0.2, 0) is 28.6 Å². The normalized spacial score (nSPS) is 12.7. The van der Waals surface area contributed by atoms with Crippen molar-refractivity contribution >= 4 is 17.9 Å². The molecule has 0 amide bonds. The predicted octanol–water partition coefficient (Wildman–Crippen LogP) is 20.7. The van der Waals surface area contributed by atoms with Crippen molar-refractivity contribution in [1.82, 2.24) is 0 Å². The van der Waals surface area contributed by atoms with Gasteiger partial charge in [-0.05, 0) is 122 Å². The zero-order valence-corrected chi connectivity index (χ0v) is 47.4. The smallest absolute Gasteiger partial charge is 0.306 e. The van der Waals surface area contributed by atoms with E-state index in [0.717, 1.165) is 128 Å². The van der Waals surface area contributed by atoms with Gasteiger partial charge < -0.3 is 14.2 Å². The Labute approximate surface area is 445 Å². The Morgan fingerprint density at radius 1 is 0.278 bits per heavy atom. The minimum atomic E-state index is -0.794. The first-order valence-electron chi connectivity index (χ1n) is 30.6. The van der Waals surface area contributed by atoms with Crippen LogP contribution in [0, 0.1) is 0 Å². The average molecular weight is 1000 g/mol. The summed E-state index contributed by atoms with van der Waals surface area (Å²) in [6.07, 6.45) is 78.6. The summed E-state index contributed by atoms with van der Waals surface area (Å²) in [5, 5.41) is 0. The van der Waals surface area contributed by atoms with Crippen molar-refractivity contribution in [3.8, 4) is 0 Å². The minimum Gasteiger partial charge on any atom is -0.462 e. The third-order valence-electron chi connectivity index (χ3n) is 13.1. The summed E-state index contributed by atoms with van der Waals surface area (Å²) in [5.74, 6) is -0.917. The van der Waals surface area contributed by atoms with Gasteiger partial charge in [-0.25, -0.2) is 0 Å². The highest BCUT2D eigenvalue weighted by Gasteiger charge is 2.19. The van der Waals surface area contributed by atoms with Gasteiger partial charge in [0.25, 0.3) is 0 Å². The van der Waals surface area contributed by atoms with Crippen molar-refractivity contribution in [3.63, 3.8) is 0 Å². The van der Waals surface area contributed by atoms with E-state index < -0.39 is 6.10 Å². The molecule has 0 heterocycles. The van der Waals surface area contributed by atoms with E-state index in [0.29, 0.717) is 19.3 Å². The molecule has 0 saturated carbocycles. The average Bonchev–Trinajstić information content (AvgIpc) is 3.38. The molecule has 0 aliphatic heterocycles. The summed E-state index contributed by atoms with van der Waals surface area (Å²) in [4.78, 5) is 38.2. The molecule has 1 unspecified atom stereocenters. The fourth-order valence-electron chi connectivity index (χ4n) is 8.45. The Bertz CT molecular complexity index is 1380. The number of hydrogen-bond donors (Lipinski definition) is 0. The van der Waals surface area contributed by atoms with Crippen LogP contribution in [0.5, 0.6) is 0 Å². The maximum absolute atomic E-state index is 12.9. The Morgan fingerprint density at radius 3 is 0.819 bits per heavy atom. The second-order valence-corrected chi connectivity index (χ2v) is 20.2. The molecule has 1 atom stereocenters. The molecule has 0 N–H and O–H groups in total. The third-order valence-corrected chi connectivity index (χ3v) is 13.1.